The summed E-state index contributed by atoms with van der Waals surface area (Å²) in [4.78, 5) is 11.4. The molecule has 0 spiro atoms. The highest BCUT2D eigenvalue weighted by molar-refractivity contribution is 9.10. The third-order valence-corrected chi connectivity index (χ3v) is 4.17. The molecule has 0 aliphatic rings. The summed E-state index contributed by atoms with van der Waals surface area (Å²) in [5.74, 6) is -0.838. The minimum Gasteiger partial charge on any atom is -0.480 e. The van der Waals surface area contributed by atoms with E-state index in [0.717, 1.165) is 20.1 Å². The van der Waals surface area contributed by atoms with Gasteiger partial charge in [0, 0.05) is 15.5 Å². The summed E-state index contributed by atoms with van der Waals surface area (Å²) in [6.07, 6.45) is 0.457. The molecule has 110 valence electrons. The third kappa shape index (κ3) is 5.26. The molecule has 3 nitrogen and oxygen atoms in total. The number of hydrogen-bond donors (Lipinski definition) is 2. The standard InChI is InChI=1S/C16H15Br2NO2/c17-13-5-1-11(2-6-13)9-15(16(20)21)19-10-12-3-7-14(18)8-4-12/h1-8,15,19H,9-10H2,(H,20,21)/t15-/m0/s1. The van der Waals surface area contributed by atoms with Crippen LogP contribution >= 0.6 is 31.9 Å². The molecule has 0 heterocycles. The van der Waals surface area contributed by atoms with E-state index in [0.29, 0.717) is 13.0 Å². The first-order chi connectivity index (χ1) is 10.0. The van der Waals surface area contributed by atoms with Crippen molar-refractivity contribution >= 4 is 37.8 Å². The lowest BCUT2D eigenvalue weighted by Crippen LogP contribution is -2.38. The fraction of sp³-hybridized carbons (Fsp3) is 0.188. The van der Waals surface area contributed by atoms with Crippen molar-refractivity contribution in [3.63, 3.8) is 0 Å². The average molecular weight is 413 g/mol. The molecule has 0 saturated heterocycles. The maximum absolute atomic E-state index is 11.4. The number of rotatable bonds is 6. The van der Waals surface area contributed by atoms with Crippen LogP contribution < -0.4 is 5.32 Å². The Morgan fingerprint density at radius 2 is 1.43 bits per heavy atom. The van der Waals surface area contributed by atoms with E-state index in [1.807, 2.05) is 48.5 Å². The summed E-state index contributed by atoms with van der Waals surface area (Å²) < 4.78 is 2.00. The van der Waals surface area contributed by atoms with Gasteiger partial charge in [-0.3, -0.25) is 4.79 Å². The van der Waals surface area contributed by atoms with E-state index in [9.17, 15) is 9.90 Å². The van der Waals surface area contributed by atoms with Crippen molar-refractivity contribution in [1.82, 2.24) is 5.32 Å². The molecular weight excluding hydrogens is 398 g/mol. The molecule has 0 aliphatic carbocycles. The summed E-state index contributed by atoms with van der Waals surface area (Å²) >= 11 is 6.75. The molecule has 2 aromatic carbocycles. The largest absolute Gasteiger partial charge is 0.480 e. The van der Waals surface area contributed by atoms with Crippen LogP contribution in [0.4, 0.5) is 0 Å². The van der Waals surface area contributed by atoms with Crippen LogP contribution in [0.15, 0.2) is 57.5 Å². The summed E-state index contributed by atoms with van der Waals surface area (Å²) in [5.41, 5.74) is 2.05. The van der Waals surface area contributed by atoms with E-state index in [1.54, 1.807) is 0 Å². The topological polar surface area (TPSA) is 49.3 Å². The number of carboxylic acids is 1. The molecule has 5 heteroatoms. The molecule has 2 aromatic rings. The van der Waals surface area contributed by atoms with Crippen molar-refractivity contribution in [2.45, 2.75) is 19.0 Å². The molecule has 0 aromatic heterocycles. The lowest BCUT2D eigenvalue weighted by Gasteiger charge is -2.15. The number of benzene rings is 2. The number of aliphatic carboxylic acids is 1. The van der Waals surface area contributed by atoms with Crippen LogP contribution in [0, 0.1) is 0 Å². The minimum absolute atomic E-state index is 0.457. The van der Waals surface area contributed by atoms with Gasteiger partial charge < -0.3 is 10.4 Å². The van der Waals surface area contributed by atoms with Crippen LogP contribution in [0.3, 0.4) is 0 Å². The predicted octanol–water partition coefficient (Wildman–Crippen LogP) is 4.00. The zero-order valence-corrected chi connectivity index (χ0v) is 14.4. The molecule has 2 rings (SSSR count). The van der Waals surface area contributed by atoms with Crippen molar-refractivity contribution in [3.8, 4) is 0 Å². The van der Waals surface area contributed by atoms with Crippen LogP contribution in [0.25, 0.3) is 0 Å². The van der Waals surface area contributed by atoms with Gasteiger partial charge in [0.05, 0.1) is 0 Å². The number of carboxylic acid groups (broad SMARTS) is 1. The van der Waals surface area contributed by atoms with Crippen molar-refractivity contribution in [2.24, 2.45) is 0 Å². The molecule has 0 unspecified atom stereocenters. The van der Waals surface area contributed by atoms with E-state index in [2.05, 4.69) is 37.2 Å². The normalized spacial score (nSPS) is 12.1. The minimum atomic E-state index is -0.838. The van der Waals surface area contributed by atoms with Gasteiger partial charge in [0.15, 0.2) is 0 Å². The molecule has 0 fully saturated rings. The van der Waals surface area contributed by atoms with Gasteiger partial charge in [-0.2, -0.15) is 0 Å². The van der Waals surface area contributed by atoms with Gasteiger partial charge in [-0.05, 0) is 41.8 Å². The molecule has 0 bridgehead atoms. The fourth-order valence-electron chi connectivity index (χ4n) is 1.95. The molecule has 0 saturated carbocycles. The highest BCUT2D eigenvalue weighted by Gasteiger charge is 2.17. The van der Waals surface area contributed by atoms with E-state index in [-0.39, 0.29) is 0 Å². The Kier molecular flexibility index (Phi) is 5.96. The van der Waals surface area contributed by atoms with E-state index >= 15 is 0 Å². The molecule has 0 radical (unpaired) electrons. The van der Waals surface area contributed by atoms with Gasteiger partial charge >= 0.3 is 5.97 Å². The Bertz CT molecular complexity index is 597. The SMILES string of the molecule is O=C(O)[C@H](Cc1ccc(Br)cc1)NCc1ccc(Br)cc1. The Morgan fingerprint density at radius 1 is 0.952 bits per heavy atom. The van der Waals surface area contributed by atoms with Crippen LogP contribution in [0.2, 0.25) is 0 Å². The number of halogens is 2. The van der Waals surface area contributed by atoms with Gasteiger partial charge in [0.1, 0.15) is 6.04 Å². The lowest BCUT2D eigenvalue weighted by molar-refractivity contribution is -0.139. The Hall–Kier alpha value is -1.17. The molecule has 0 aliphatic heterocycles. The number of hydrogen-bond acceptors (Lipinski definition) is 2. The van der Waals surface area contributed by atoms with Gasteiger partial charge in [0.25, 0.3) is 0 Å². The molecule has 21 heavy (non-hydrogen) atoms. The van der Waals surface area contributed by atoms with Crippen molar-refractivity contribution in [1.29, 1.82) is 0 Å². The average Bonchev–Trinajstić information content (AvgIpc) is 2.47. The predicted molar refractivity (Wildman–Crippen MR) is 90.3 cm³/mol. The fourth-order valence-corrected chi connectivity index (χ4v) is 2.47. The quantitative estimate of drug-likeness (QED) is 0.753. The second-order valence-corrected chi connectivity index (χ2v) is 6.56. The molecular formula is C16H15Br2NO2. The zero-order chi connectivity index (χ0) is 15.2. The van der Waals surface area contributed by atoms with Crippen molar-refractivity contribution in [3.05, 3.63) is 68.6 Å². The van der Waals surface area contributed by atoms with Gasteiger partial charge in [-0.25, -0.2) is 0 Å². The first-order valence-electron chi connectivity index (χ1n) is 6.49. The molecule has 0 amide bonds. The summed E-state index contributed by atoms with van der Waals surface area (Å²) in [7, 11) is 0. The van der Waals surface area contributed by atoms with Crippen LogP contribution in [-0.4, -0.2) is 17.1 Å². The Balaban J connectivity index is 1.97. The maximum atomic E-state index is 11.4. The summed E-state index contributed by atoms with van der Waals surface area (Å²) in [6.45, 7) is 0.529. The van der Waals surface area contributed by atoms with Crippen LogP contribution in [0.5, 0.6) is 0 Å². The smallest absolute Gasteiger partial charge is 0.321 e. The van der Waals surface area contributed by atoms with Gasteiger partial charge in [-0.15, -0.1) is 0 Å². The van der Waals surface area contributed by atoms with Crippen molar-refractivity contribution in [2.75, 3.05) is 0 Å². The van der Waals surface area contributed by atoms with E-state index < -0.39 is 12.0 Å². The summed E-state index contributed by atoms with van der Waals surface area (Å²) in [5, 5.41) is 12.4. The highest BCUT2D eigenvalue weighted by atomic mass is 79.9. The third-order valence-electron chi connectivity index (χ3n) is 3.12. The molecule has 1 atom stereocenters. The monoisotopic (exact) mass is 411 g/mol. The second kappa shape index (κ2) is 7.73. The first-order valence-corrected chi connectivity index (χ1v) is 8.08. The second-order valence-electron chi connectivity index (χ2n) is 4.73. The zero-order valence-electron chi connectivity index (χ0n) is 11.2. The number of nitrogens with one attached hydrogen (secondary N) is 1. The van der Waals surface area contributed by atoms with Crippen LogP contribution in [0.1, 0.15) is 11.1 Å². The van der Waals surface area contributed by atoms with Crippen LogP contribution in [-0.2, 0) is 17.8 Å². The highest BCUT2D eigenvalue weighted by Crippen LogP contribution is 2.13. The maximum Gasteiger partial charge on any atom is 0.321 e. The first kappa shape index (κ1) is 16.2. The summed E-state index contributed by atoms with van der Waals surface area (Å²) in [6, 6.07) is 14.9. The van der Waals surface area contributed by atoms with E-state index in [4.69, 9.17) is 0 Å². The van der Waals surface area contributed by atoms with Crippen molar-refractivity contribution < 1.29 is 9.90 Å². The lowest BCUT2D eigenvalue weighted by atomic mass is 10.1. The Morgan fingerprint density at radius 3 is 1.90 bits per heavy atom. The Labute approximate surface area is 140 Å². The van der Waals surface area contributed by atoms with E-state index in [1.165, 1.54) is 0 Å². The van der Waals surface area contributed by atoms with Gasteiger partial charge in [-0.1, -0.05) is 56.1 Å². The molecule has 2 N–H and O–H groups in total. The van der Waals surface area contributed by atoms with Gasteiger partial charge in [0.2, 0.25) is 0 Å². The number of carbonyl (C=O) groups is 1.